The summed E-state index contributed by atoms with van der Waals surface area (Å²) in [4.78, 5) is 38.6. The Hall–Kier alpha value is -2.41. The molecular formula is C24H32N4O3. The summed E-state index contributed by atoms with van der Waals surface area (Å²) in [5.41, 5.74) is 2.70. The molecule has 1 saturated carbocycles. The van der Waals surface area contributed by atoms with Crippen molar-refractivity contribution in [2.24, 2.45) is 11.8 Å². The van der Waals surface area contributed by atoms with Crippen molar-refractivity contribution in [3.63, 3.8) is 0 Å². The number of nitrogens with one attached hydrogen (secondary N) is 3. The number of hydrogen-bond acceptors (Lipinski definition) is 5. The van der Waals surface area contributed by atoms with Gasteiger partial charge in [0.2, 0.25) is 11.8 Å². The van der Waals surface area contributed by atoms with Crippen LogP contribution in [0.3, 0.4) is 0 Å². The van der Waals surface area contributed by atoms with Crippen LogP contribution in [0.2, 0.25) is 0 Å². The molecule has 0 aromatic heterocycles. The van der Waals surface area contributed by atoms with Crippen LogP contribution < -0.4 is 16.0 Å². The lowest BCUT2D eigenvalue weighted by atomic mass is 9.86. The topological polar surface area (TPSA) is 90.5 Å². The van der Waals surface area contributed by atoms with Crippen molar-refractivity contribution in [2.75, 3.05) is 18.4 Å². The van der Waals surface area contributed by atoms with Gasteiger partial charge in [-0.15, -0.1) is 0 Å². The highest BCUT2D eigenvalue weighted by atomic mass is 16.2. The number of benzene rings is 1. The standard InChI is InChI=1S/C24H32N4O3/c29-22-9-8-21(23(30)27-22)28-14-18-17(24(28)31)2-1-3-20(18)26-19(7-6-15-4-5-15)16-10-12-25-13-11-16/h1-3,15-16,19,21,25-26H,4-14H2,(H,27,29,30). The van der Waals surface area contributed by atoms with Crippen molar-refractivity contribution < 1.29 is 14.4 Å². The number of carbonyl (C=O) groups excluding carboxylic acids is 3. The number of imide groups is 1. The molecule has 166 valence electrons. The van der Waals surface area contributed by atoms with E-state index in [4.69, 9.17) is 0 Å². The number of piperidine rings is 2. The van der Waals surface area contributed by atoms with E-state index in [2.05, 4.69) is 22.0 Å². The predicted molar refractivity (Wildman–Crippen MR) is 117 cm³/mol. The second-order valence-corrected chi connectivity index (χ2v) is 9.59. The van der Waals surface area contributed by atoms with Gasteiger partial charge in [-0.3, -0.25) is 19.7 Å². The average molecular weight is 425 g/mol. The molecule has 7 heteroatoms. The summed E-state index contributed by atoms with van der Waals surface area (Å²) in [5, 5.41) is 9.68. The molecule has 0 bridgehead atoms. The third-order valence-electron chi connectivity index (χ3n) is 7.46. The maximum Gasteiger partial charge on any atom is 0.255 e. The lowest BCUT2D eigenvalue weighted by Gasteiger charge is -2.33. The van der Waals surface area contributed by atoms with Crippen LogP contribution in [0.1, 0.15) is 67.3 Å². The Bertz CT molecular complexity index is 876. The van der Waals surface area contributed by atoms with Crippen LogP contribution in [0.5, 0.6) is 0 Å². The molecule has 1 aliphatic carbocycles. The van der Waals surface area contributed by atoms with Gasteiger partial charge in [0, 0.05) is 35.8 Å². The van der Waals surface area contributed by atoms with Gasteiger partial charge in [-0.2, -0.15) is 0 Å². The van der Waals surface area contributed by atoms with E-state index in [0.717, 1.165) is 30.3 Å². The number of anilines is 1. The Morgan fingerprint density at radius 2 is 1.87 bits per heavy atom. The molecule has 3 fully saturated rings. The van der Waals surface area contributed by atoms with Crippen molar-refractivity contribution in [3.8, 4) is 0 Å². The summed E-state index contributed by atoms with van der Waals surface area (Å²) in [6.07, 6.45) is 8.22. The molecule has 7 nitrogen and oxygen atoms in total. The molecule has 4 aliphatic rings. The van der Waals surface area contributed by atoms with E-state index in [9.17, 15) is 14.4 Å². The van der Waals surface area contributed by atoms with E-state index < -0.39 is 6.04 Å². The molecule has 3 amide bonds. The maximum absolute atomic E-state index is 13.1. The van der Waals surface area contributed by atoms with E-state index >= 15 is 0 Å². The summed E-state index contributed by atoms with van der Waals surface area (Å²) in [6.45, 7) is 2.56. The van der Waals surface area contributed by atoms with Crippen molar-refractivity contribution in [1.82, 2.24) is 15.5 Å². The van der Waals surface area contributed by atoms with E-state index in [-0.39, 0.29) is 24.1 Å². The largest absolute Gasteiger partial charge is 0.382 e. The Morgan fingerprint density at radius 3 is 2.61 bits per heavy atom. The predicted octanol–water partition coefficient (Wildman–Crippen LogP) is 2.42. The van der Waals surface area contributed by atoms with Gasteiger partial charge in [0.1, 0.15) is 6.04 Å². The van der Waals surface area contributed by atoms with Crippen molar-refractivity contribution in [2.45, 2.75) is 70.0 Å². The lowest BCUT2D eigenvalue weighted by Crippen LogP contribution is -2.52. The third kappa shape index (κ3) is 4.33. The highest BCUT2D eigenvalue weighted by Gasteiger charge is 2.40. The van der Waals surface area contributed by atoms with E-state index in [1.807, 2.05) is 12.1 Å². The quantitative estimate of drug-likeness (QED) is 0.585. The molecule has 31 heavy (non-hydrogen) atoms. The average Bonchev–Trinajstić information content (AvgIpc) is 3.55. The van der Waals surface area contributed by atoms with Crippen molar-refractivity contribution >= 4 is 23.4 Å². The fourth-order valence-electron chi connectivity index (χ4n) is 5.41. The van der Waals surface area contributed by atoms with Gasteiger partial charge in [0.25, 0.3) is 5.91 Å². The van der Waals surface area contributed by atoms with Crippen LogP contribution in [-0.2, 0) is 16.1 Å². The number of hydrogen-bond donors (Lipinski definition) is 3. The van der Waals surface area contributed by atoms with Crippen LogP contribution in [0.15, 0.2) is 18.2 Å². The second kappa shape index (κ2) is 8.61. The van der Waals surface area contributed by atoms with Crippen LogP contribution in [-0.4, -0.2) is 47.8 Å². The zero-order chi connectivity index (χ0) is 21.4. The summed E-state index contributed by atoms with van der Waals surface area (Å²) in [7, 11) is 0. The lowest BCUT2D eigenvalue weighted by molar-refractivity contribution is -0.136. The fraction of sp³-hybridized carbons (Fsp3) is 0.625. The molecule has 1 aromatic carbocycles. The summed E-state index contributed by atoms with van der Waals surface area (Å²) >= 11 is 0. The molecule has 3 aliphatic heterocycles. The number of fused-ring (bicyclic) bond motifs is 1. The number of nitrogens with zero attached hydrogens (tertiary/aromatic N) is 1. The second-order valence-electron chi connectivity index (χ2n) is 9.59. The Morgan fingerprint density at radius 1 is 1.06 bits per heavy atom. The zero-order valence-electron chi connectivity index (χ0n) is 18.0. The molecule has 2 atom stereocenters. The first-order valence-corrected chi connectivity index (χ1v) is 11.8. The van der Waals surface area contributed by atoms with E-state index in [1.165, 1.54) is 38.5 Å². The molecule has 2 saturated heterocycles. The van der Waals surface area contributed by atoms with Crippen LogP contribution in [0.4, 0.5) is 5.69 Å². The van der Waals surface area contributed by atoms with Gasteiger partial charge in [-0.1, -0.05) is 18.9 Å². The van der Waals surface area contributed by atoms with Gasteiger partial charge in [0.05, 0.1) is 0 Å². The minimum atomic E-state index is -0.569. The Balaban J connectivity index is 1.34. The first kappa shape index (κ1) is 20.5. The smallest absolute Gasteiger partial charge is 0.255 e. The Labute approximate surface area is 183 Å². The highest BCUT2D eigenvalue weighted by molar-refractivity contribution is 6.06. The normalized spacial score (nSPS) is 25.4. The minimum Gasteiger partial charge on any atom is -0.382 e. The van der Waals surface area contributed by atoms with Gasteiger partial charge in [-0.05, 0) is 69.2 Å². The van der Waals surface area contributed by atoms with Crippen molar-refractivity contribution in [1.29, 1.82) is 0 Å². The summed E-state index contributed by atoms with van der Waals surface area (Å²) in [5.74, 6) is 0.818. The zero-order valence-corrected chi connectivity index (χ0v) is 18.0. The van der Waals surface area contributed by atoms with Gasteiger partial charge in [0.15, 0.2) is 0 Å². The van der Waals surface area contributed by atoms with Crippen LogP contribution >= 0.6 is 0 Å². The highest BCUT2D eigenvalue weighted by Crippen LogP contribution is 2.37. The van der Waals surface area contributed by atoms with Crippen molar-refractivity contribution in [3.05, 3.63) is 29.3 Å². The molecule has 1 aromatic rings. The van der Waals surface area contributed by atoms with Crippen LogP contribution in [0, 0.1) is 11.8 Å². The van der Waals surface area contributed by atoms with E-state index in [0.29, 0.717) is 30.5 Å². The molecular weight excluding hydrogens is 392 g/mol. The maximum atomic E-state index is 13.1. The monoisotopic (exact) mass is 424 g/mol. The Kier molecular flexibility index (Phi) is 5.69. The molecule has 2 unspecified atom stereocenters. The summed E-state index contributed by atoms with van der Waals surface area (Å²) in [6, 6.07) is 5.71. The SMILES string of the molecule is O=C1CCC(N2Cc3c(NC(CCC4CC4)C4CCNCC4)cccc3C2=O)C(=O)N1. The van der Waals surface area contributed by atoms with Gasteiger partial charge in [-0.25, -0.2) is 0 Å². The molecule has 5 rings (SSSR count). The minimum absolute atomic E-state index is 0.107. The fourth-order valence-corrected chi connectivity index (χ4v) is 5.41. The van der Waals surface area contributed by atoms with Crippen LogP contribution in [0.25, 0.3) is 0 Å². The first-order chi connectivity index (χ1) is 15.1. The molecule has 3 N–H and O–H groups in total. The number of rotatable bonds is 7. The van der Waals surface area contributed by atoms with Gasteiger partial charge < -0.3 is 15.5 Å². The molecule has 3 heterocycles. The molecule has 0 radical (unpaired) electrons. The third-order valence-corrected chi connectivity index (χ3v) is 7.46. The first-order valence-electron chi connectivity index (χ1n) is 11.8. The number of amides is 3. The van der Waals surface area contributed by atoms with E-state index in [1.54, 1.807) is 4.90 Å². The van der Waals surface area contributed by atoms with Gasteiger partial charge >= 0.3 is 0 Å². The number of carbonyl (C=O) groups is 3. The summed E-state index contributed by atoms with van der Waals surface area (Å²) < 4.78 is 0. The molecule has 0 spiro atoms.